The van der Waals surface area contributed by atoms with Crippen molar-refractivity contribution in [1.82, 2.24) is 0 Å². The predicted octanol–water partition coefficient (Wildman–Crippen LogP) is 0.615. The zero-order valence-electron chi connectivity index (χ0n) is 15.4. The maximum Gasteiger partial charge on any atom is 0.339 e. The third-order valence-electron chi connectivity index (χ3n) is 4.67. The molecule has 1 atom stereocenters. The lowest BCUT2D eigenvalue weighted by molar-refractivity contribution is -0.139. The largest absolute Gasteiger partial charge is 0.466 e. The average Bonchev–Trinajstić information content (AvgIpc) is 2.91. The van der Waals surface area contributed by atoms with Crippen LogP contribution in [0.25, 0.3) is 0 Å². The van der Waals surface area contributed by atoms with Gasteiger partial charge in [0.1, 0.15) is 29.6 Å². The highest BCUT2D eigenvalue weighted by Crippen LogP contribution is 2.54. The van der Waals surface area contributed by atoms with Gasteiger partial charge in [-0.3, -0.25) is 9.59 Å². The van der Waals surface area contributed by atoms with Crippen molar-refractivity contribution < 1.29 is 28.6 Å². The van der Waals surface area contributed by atoms with E-state index in [2.05, 4.69) is 0 Å². The van der Waals surface area contributed by atoms with E-state index >= 15 is 0 Å². The van der Waals surface area contributed by atoms with E-state index in [1.165, 1.54) is 14.0 Å². The molecule has 3 rings (SSSR count). The summed E-state index contributed by atoms with van der Waals surface area (Å²) >= 11 is 0. The number of imide groups is 1. The summed E-state index contributed by atoms with van der Waals surface area (Å²) in [6, 6.07) is 8.25. The second kappa shape index (κ2) is 6.83. The van der Waals surface area contributed by atoms with Crippen LogP contribution >= 0.6 is 0 Å². The van der Waals surface area contributed by atoms with Crippen molar-refractivity contribution in [2.75, 3.05) is 25.7 Å². The van der Waals surface area contributed by atoms with Crippen molar-refractivity contribution >= 4 is 23.5 Å². The standard InChI is InChI=1S/C19H17N3O6/c1-10(23)22-13-7-5-4-6-11(13)19(18(22)25)12(8-20)16(21)28-14(9-26-2)15(19)17(24)27-3/h4-7H,9,21H2,1-3H3/t19-/m0/s1. The number of hydrogen-bond donors (Lipinski definition) is 1. The van der Waals surface area contributed by atoms with Crippen molar-refractivity contribution in [3.05, 3.63) is 52.6 Å². The van der Waals surface area contributed by atoms with Crippen LogP contribution in [0.2, 0.25) is 0 Å². The Hall–Kier alpha value is -3.64. The Morgan fingerprint density at radius 2 is 2.00 bits per heavy atom. The van der Waals surface area contributed by atoms with Crippen molar-refractivity contribution in [2.45, 2.75) is 12.3 Å². The van der Waals surface area contributed by atoms with Crippen LogP contribution in [0.1, 0.15) is 12.5 Å². The van der Waals surface area contributed by atoms with Crippen LogP contribution in [0.4, 0.5) is 5.69 Å². The molecule has 0 saturated carbocycles. The van der Waals surface area contributed by atoms with Gasteiger partial charge in [0, 0.05) is 19.6 Å². The van der Waals surface area contributed by atoms with Gasteiger partial charge < -0.3 is 19.9 Å². The van der Waals surface area contributed by atoms with Gasteiger partial charge in [-0.25, -0.2) is 9.69 Å². The summed E-state index contributed by atoms with van der Waals surface area (Å²) in [6.07, 6.45) is 0. The summed E-state index contributed by atoms with van der Waals surface area (Å²) in [6.45, 7) is 1.00. The SMILES string of the molecule is COCC1=C(C(=O)OC)[C@@]2(C(=O)N(C(C)=O)c3ccccc32)C(C#N)=C(N)O1. The number of rotatable bonds is 3. The summed E-state index contributed by atoms with van der Waals surface area (Å²) in [5.74, 6) is -2.71. The van der Waals surface area contributed by atoms with E-state index in [9.17, 15) is 19.6 Å². The molecule has 2 aliphatic rings. The molecule has 9 heteroatoms. The van der Waals surface area contributed by atoms with Gasteiger partial charge in [0.15, 0.2) is 5.41 Å². The first-order valence-electron chi connectivity index (χ1n) is 8.19. The minimum Gasteiger partial charge on any atom is -0.466 e. The molecule has 9 nitrogen and oxygen atoms in total. The summed E-state index contributed by atoms with van der Waals surface area (Å²) in [5, 5.41) is 9.81. The molecule has 0 fully saturated rings. The molecular formula is C19H17N3O6. The highest BCUT2D eigenvalue weighted by atomic mass is 16.5. The molecule has 0 aromatic heterocycles. The fourth-order valence-electron chi connectivity index (χ4n) is 3.67. The van der Waals surface area contributed by atoms with E-state index in [4.69, 9.17) is 19.9 Å². The molecular weight excluding hydrogens is 366 g/mol. The highest BCUT2D eigenvalue weighted by Gasteiger charge is 2.63. The first-order chi connectivity index (χ1) is 13.4. The summed E-state index contributed by atoms with van der Waals surface area (Å²) in [5.41, 5.74) is 3.94. The second-order valence-corrected chi connectivity index (χ2v) is 6.10. The number of para-hydroxylation sites is 1. The number of ether oxygens (including phenoxy) is 3. The monoisotopic (exact) mass is 383 g/mol. The van der Waals surface area contributed by atoms with Crippen LogP contribution in [-0.4, -0.2) is 38.6 Å². The van der Waals surface area contributed by atoms with Gasteiger partial charge in [-0.1, -0.05) is 18.2 Å². The number of carbonyl (C=O) groups is 3. The molecule has 2 amide bonds. The van der Waals surface area contributed by atoms with Gasteiger partial charge in [-0.05, 0) is 6.07 Å². The number of nitrogens with zero attached hydrogens (tertiary/aromatic N) is 2. The molecule has 28 heavy (non-hydrogen) atoms. The number of fused-ring (bicyclic) bond motifs is 2. The molecule has 0 radical (unpaired) electrons. The number of hydrogen-bond acceptors (Lipinski definition) is 8. The molecule has 0 saturated heterocycles. The average molecular weight is 383 g/mol. The molecule has 1 aromatic carbocycles. The van der Waals surface area contributed by atoms with E-state index in [1.807, 2.05) is 6.07 Å². The van der Waals surface area contributed by atoms with Gasteiger partial charge in [0.05, 0.1) is 12.8 Å². The topological polar surface area (TPSA) is 132 Å². The maximum atomic E-state index is 13.6. The van der Waals surface area contributed by atoms with E-state index < -0.39 is 23.2 Å². The van der Waals surface area contributed by atoms with Crippen LogP contribution in [0.15, 0.2) is 47.1 Å². The Kier molecular flexibility index (Phi) is 4.66. The van der Waals surface area contributed by atoms with E-state index in [0.29, 0.717) is 0 Å². The summed E-state index contributed by atoms with van der Waals surface area (Å²) in [4.78, 5) is 39.5. The van der Waals surface area contributed by atoms with E-state index in [-0.39, 0.29) is 40.6 Å². The Bertz CT molecular complexity index is 1000. The fourth-order valence-corrected chi connectivity index (χ4v) is 3.67. The zero-order chi connectivity index (χ0) is 20.6. The normalized spacial score (nSPS) is 20.8. The smallest absolute Gasteiger partial charge is 0.339 e. The fraction of sp³-hybridized carbons (Fsp3) is 0.263. The number of methoxy groups -OCH3 is 2. The van der Waals surface area contributed by atoms with Crippen LogP contribution in [0, 0.1) is 11.3 Å². The predicted molar refractivity (Wildman–Crippen MR) is 95.1 cm³/mol. The number of benzene rings is 1. The Labute approximate surface area is 160 Å². The maximum absolute atomic E-state index is 13.6. The van der Waals surface area contributed by atoms with Crippen molar-refractivity contribution in [3.8, 4) is 6.07 Å². The lowest BCUT2D eigenvalue weighted by Crippen LogP contribution is -2.49. The molecule has 0 aliphatic carbocycles. The van der Waals surface area contributed by atoms with E-state index in [0.717, 1.165) is 12.0 Å². The molecule has 0 unspecified atom stereocenters. The molecule has 1 spiro atoms. The minimum atomic E-state index is -1.97. The van der Waals surface area contributed by atoms with Crippen molar-refractivity contribution in [3.63, 3.8) is 0 Å². The highest BCUT2D eigenvalue weighted by molar-refractivity contribution is 6.27. The number of nitriles is 1. The molecule has 0 bridgehead atoms. The summed E-state index contributed by atoms with van der Waals surface area (Å²) < 4.78 is 15.4. The van der Waals surface area contributed by atoms with Crippen LogP contribution in [0.3, 0.4) is 0 Å². The van der Waals surface area contributed by atoms with Gasteiger partial charge in [-0.15, -0.1) is 0 Å². The lowest BCUT2D eigenvalue weighted by Gasteiger charge is -2.34. The van der Waals surface area contributed by atoms with Crippen LogP contribution in [0.5, 0.6) is 0 Å². The quantitative estimate of drug-likeness (QED) is 0.751. The first-order valence-corrected chi connectivity index (χ1v) is 8.19. The third kappa shape index (κ3) is 2.32. The first kappa shape index (κ1) is 19.1. The van der Waals surface area contributed by atoms with Crippen LogP contribution in [-0.2, 0) is 34.0 Å². The number of nitrogens with two attached hydrogens (primary N) is 1. The Morgan fingerprint density at radius 3 is 2.57 bits per heavy atom. The van der Waals surface area contributed by atoms with E-state index in [1.54, 1.807) is 24.3 Å². The van der Waals surface area contributed by atoms with Crippen LogP contribution < -0.4 is 10.6 Å². The van der Waals surface area contributed by atoms with Crippen molar-refractivity contribution in [2.24, 2.45) is 5.73 Å². The number of amides is 2. The van der Waals surface area contributed by atoms with Gasteiger partial charge in [-0.2, -0.15) is 5.26 Å². The zero-order valence-corrected chi connectivity index (χ0v) is 15.4. The van der Waals surface area contributed by atoms with Crippen molar-refractivity contribution in [1.29, 1.82) is 5.26 Å². The van der Waals surface area contributed by atoms with Gasteiger partial charge >= 0.3 is 5.97 Å². The molecule has 2 N–H and O–H groups in total. The Balaban J connectivity index is 2.50. The summed E-state index contributed by atoms with van der Waals surface area (Å²) in [7, 11) is 2.50. The molecule has 144 valence electrons. The lowest BCUT2D eigenvalue weighted by atomic mass is 9.68. The third-order valence-corrected chi connectivity index (χ3v) is 4.67. The molecule has 2 heterocycles. The number of carbonyl (C=O) groups excluding carboxylic acids is 3. The molecule has 1 aromatic rings. The number of esters is 1. The minimum absolute atomic E-state index is 0.0700. The second-order valence-electron chi connectivity index (χ2n) is 6.10. The van der Waals surface area contributed by atoms with Gasteiger partial charge in [0.2, 0.25) is 11.8 Å². The Morgan fingerprint density at radius 1 is 1.32 bits per heavy atom. The molecule has 2 aliphatic heterocycles. The number of anilines is 1. The van der Waals surface area contributed by atoms with Gasteiger partial charge in [0.25, 0.3) is 5.91 Å².